The zero-order valence-electron chi connectivity index (χ0n) is 19.3. The van der Waals surface area contributed by atoms with Crippen molar-refractivity contribution in [3.63, 3.8) is 0 Å². The van der Waals surface area contributed by atoms with Crippen LogP contribution in [0.4, 0.5) is 11.5 Å². The summed E-state index contributed by atoms with van der Waals surface area (Å²) in [6, 6.07) is 5.87. The van der Waals surface area contributed by atoms with Crippen LogP contribution in [0.5, 0.6) is 5.75 Å². The van der Waals surface area contributed by atoms with Crippen LogP contribution in [0.15, 0.2) is 27.8 Å². The lowest BCUT2D eigenvalue weighted by atomic mass is 10.1. The van der Waals surface area contributed by atoms with Crippen LogP contribution in [0.25, 0.3) is 0 Å². The molecular formula is C23H34N4O4. The number of ether oxygens (including phenoxy) is 1. The Labute approximate surface area is 183 Å². The third-order valence-electron chi connectivity index (χ3n) is 4.66. The molecule has 0 bridgehead atoms. The first-order valence-corrected chi connectivity index (χ1v) is 10.6. The predicted molar refractivity (Wildman–Crippen MR) is 124 cm³/mol. The summed E-state index contributed by atoms with van der Waals surface area (Å²) in [5.74, 6) is 0.646. The number of hydrogen-bond donors (Lipinski definition) is 2. The number of anilines is 2. The van der Waals surface area contributed by atoms with Gasteiger partial charge >= 0.3 is 5.69 Å². The lowest BCUT2D eigenvalue weighted by molar-refractivity contribution is -0.119. The van der Waals surface area contributed by atoms with Gasteiger partial charge in [-0.2, -0.15) is 0 Å². The molecule has 1 aromatic carbocycles. The van der Waals surface area contributed by atoms with Gasteiger partial charge in [0.25, 0.3) is 5.56 Å². The summed E-state index contributed by atoms with van der Waals surface area (Å²) in [6.45, 7) is 12.5. The minimum Gasteiger partial charge on any atom is -0.493 e. The molecule has 0 aliphatic rings. The number of nitrogens with one attached hydrogen (secondary N) is 1. The Kier molecular flexibility index (Phi) is 8.08. The van der Waals surface area contributed by atoms with Gasteiger partial charge in [0.2, 0.25) is 5.91 Å². The van der Waals surface area contributed by atoms with Crippen molar-refractivity contribution in [3.05, 3.63) is 50.2 Å². The van der Waals surface area contributed by atoms with Gasteiger partial charge in [-0.25, -0.2) is 4.79 Å². The standard InChI is InChI=1S/C23H34N4O4/c1-14(2)12-26(19(28)7-8-31-18-10-16(5)9-17(6)11-18)20-21(24)27(13-15(3)4)23(30)25-22(20)29/h9-11,14-15H,7-8,12-13,24H2,1-6H3,(H,25,29,30). The van der Waals surface area contributed by atoms with Gasteiger partial charge in [-0.15, -0.1) is 0 Å². The quantitative estimate of drug-likeness (QED) is 0.636. The summed E-state index contributed by atoms with van der Waals surface area (Å²) in [5.41, 5.74) is 7.16. The highest BCUT2D eigenvalue weighted by molar-refractivity contribution is 5.95. The monoisotopic (exact) mass is 430 g/mol. The summed E-state index contributed by atoms with van der Waals surface area (Å²) < 4.78 is 7.08. The minimum absolute atomic E-state index is 0.00618. The number of aromatic nitrogens is 2. The Morgan fingerprint density at radius 1 is 1.10 bits per heavy atom. The summed E-state index contributed by atoms with van der Waals surface area (Å²) in [7, 11) is 0. The number of nitrogen functional groups attached to an aromatic ring is 1. The number of carbonyl (C=O) groups is 1. The van der Waals surface area contributed by atoms with E-state index in [0.29, 0.717) is 18.8 Å². The van der Waals surface area contributed by atoms with Crippen molar-refractivity contribution >= 4 is 17.4 Å². The van der Waals surface area contributed by atoms with E-state index in [2.05, 4.69) is 4.98 Å². The van der Waals surface area contributed by atoms with E-state index in [4.69, 9.17) is 10.5 Å². The molecule has 3 N–H and O–H groups in total. The van der Waals surface area contributed by atoms with E-state index in [1.54, 1.807) is 0 Å². The number of nitrogens with two attached hydrogens (primary N) is 1. The Morgan fingerprint density at radius 2 is 1.71 bits per heavy atom. The Bertz CT molecular complexity index is 1020. The van der Waals surface area contributed by atoms with Crippen LogP contribution in [-0.4, -0.2) is 28.6 Å². The molecule has 0 atom stereocenters. The molecule has 8 nitrogen and oxygen atoms in total. The largest absolute Gasteiger partial charge is 0.493 e. The first kappa shape index (κ1) is 24.2. The van der Waals surface area contributed by atoms with E-state index in [9.17, 15) is 14.4 Å². The number of aryl methyl sites for hydroxylation is 2. The van der Waals surface area contributed by atoms with Gasteiger partial charge in [-0.1, -0.05) is 33.8 Å². The molecule has 0 aliphatic carbocycles. The van der Waals surface area contributed by atoms with E-state index in [-0.39, 0.29) is 42.3 Å². The van der Waals surface area contributed by atoms with Crippen molar-refractivity contribution in [3.8, 4) is 5.75 Å². The van der Waals surface area contributed by atoms with Crippen molar-refractivity contribution in [1.29, 1.82) is 0 Å². The zero-order chi connectivity index (χ0) is 23.3. The minimum atomic E-state index is -0.660. The number of nitrogens with zero attached hydrogens (tertiary/aromatic N) is 2. The van der Waals surface area contributed by atoms with Crippen molar-refractivity contribution in [2.75, 3.05) is 23.8 Å². The predicted octanol–water partition coefficient (Wildman–Crippen LogP) is 2.85. The third-order valence-corrected chi connectivity index (χ3v) is 4.66. The molecule has 8 heteroatoms. The van der Waals surface area contributed by atoms with E-state index < -0.39 is 11.2 Å². The number of hydrogen-bond acceptors (Lipinski definition) is 5. The highest BCUT2D eigenvalue weighted by atomic mass is 16.5. The van der Waals surface area contributed by atoms with E-state index in [1.807, 2.05) is 59.7 Å². The van der Waals surface area contributed by atoms with Crippen LogP contribution in [0.3, 0.4) is 0 Å². The molecule has 0 saturated carbocycles. The highest BCUT2D eigenvalue weighted by Crippen LogP contribution is 2.21. The topological polar surface area (TPSA) is 110 Å². The van der Waals surface area contributed by atoms with Crippen LogP contribution in [0.1, 0.15) is 45.2 Å². The molecule has 1 aromatic heterocycles. The van der Waals surface area contributed by atoms with Gasteiger partial charge in [-0.05, 0) is 48.9 Å². The van der Waals surface area contributed by atoms with Crippen LogP contribution >= 0.6 is 0 Å². The van der Waals surface area contributed by atoms with Crippen LogP contribution in [-0.2, 0) is 11.3 Å². The smallest absolute Gasteiger partial charge is 0.330 e. The van der Waals surface area contributed by atoms with Crippen LogP contribution in [0, 0.1) is 25.7 Å². The average molecular weight is 431 g/mol. The van der Waals surface area contributed by atoms with Gasteiger partial charge < -0.3 is 15.4 Å². The molecule has 0 radical (unpaired) electrons. The fourth-order valence-electron chi connectivity index (χ4n) is 3.47. The second kappa shape index (κ2) is 10.3. The molecule has 1 heterocycles. The molecule has 2 aromatic rings. The normalized spacial score (nSPS) is 11.2. The van der Waals surface area contributed by atoms with Gasteiger partial charge in [0, 0.05) is 13.1 Å². The summed E-state index contributed by atoms with van der Waals surface area (Å²) in [5, 5.41) is 0. The van der Waals surface area contributed by atoms with Crippen molar-refractivity contribution in [2.45, 2.75) is 54.5 Å². The van der Waals surface area contributed by atoms with Crippen molar-refractivity contribution in [1.82, 2.24) is 9.55 Å². The second-order valence-electron chi connectivity index (χ2n) is 8.82. The van der Waals surface area contributed by atoms with E-state index in [0.717, 1.165) is 11.1 Å². The molecule has 0 fully saturated rings. The summed E-state index contributed by atoms with van der Waals surface area (Å²) in [4.78, 5) is 41.6. The maximum absolute atomic E-state index is 13.1. The fourth-order valence-corrected chi connectivity index (χ4v) is 3.47. The van der Waals surface area contributed by atoms with E-state index in [1.165, 1.54) is 9.47 Å². The number of benzene rings is 1. The summed E-state index contributed by atoms with van der Waals surface area (Å²) >= 11 is 0. The molecule has 0 saturated heterocycles. The first-order chi connectivity index (χ1) is 14.5. The van der Waals surface area contributed by atoms with Crippen LogP contribution in [0.2, 0.25) is 0 Å². The molecule has 31 heavy (non-hydrogen) atoms. The first-order valence-electron chi connectivity index (χ1n) is 10.6. The Hall–Kier alpha value is -3.03. The number of rotatable bonds is 9. The maximum Gasteiger partial charge on any atom is 0.330 e. The molecule has 2 rings (SSSR count). The number of carbonyl (C=O) groups excluding carboxylic acids is 1. The molecule has 0 spiro atoms. The lowest BCUT2D eigenvalue weighted by Gasteiger charge is -2.26. The fraction of sp³-hybridized carbons (Fsp3) is 0.522. The molecule has 0 unspecified atom stereocenters. The van der Waals surface area contributed by atoms with Gasteiger partial charge in [0.15, 0.2) is 5.69 Å². The third kappa shape index (κ3) is 6.47. The summed E-state index contributed by atoms with van der Waals surface area (Å²) in [6.07, 6.45) is 0.0713. The van der Waals surface area contributed by atoms with Crippen LogP contribution < -0.4 is 26.6 Å². The number of amides is 1. The van der Waals surface area contributed by atoms with E-state index >= 15 is 0 Å². The SMILES string of the molecule is Cc1cc(C)cc(OCCC(=O)N(CC(C)C)c2c(N)n(CC(C)C)c(=O)[nH]c2=O)c1. The van der Waals surface area contributed by atoms with Gasteiger partial charge in [-0.3, -0.25) is 19.1 Å². The van der Waals surface area contributed by atoms with Crippen molar-refractivity contribution < 1.29 is 9.53 Å². The zero-order valence-corrected chi connectivity index (χ0v) is 19.3. The molecule has 1 amide bonds. The van der Waals surface area contributed by atoms with Gasteiger partial charge in [0.05, 0.1) is 13.0 Å². The molecule has 0 aliphatic heterocycles. The average Bonchev–Trinajstić information content (AvgIpc) is 2.62. The number of H-pyrrole nitrogens is 1. The van der Waals surface area contributed by atoms with Crippen molar-refractivity contribution in [2.24, 2.45) is 11.8 Å². The van der Waals surface area contributed by atoms with Gasteiger partial charge in [0.1, 0.15) is 11.6 Å². The molecule has 170 valence electrons. The highest BCUT2D eigenvalue weighted by Gasteiger charge is 2.25. The Morgan fingerprint density at radius 3 is 2.26 bits per heavy atom. The Balaban J connectivity index is 2.29. The second-order valence-corrected chi connectivity index (χ2v) is 8.82. The maximum atomic E-state index is 13.1. The lowest BCUT2D eigenvalue weighted by Crippen LogP contribution is -2.43. The number of aromatic amines is 1. The molecular weight excluding hydrogens is 396 g/mol.